The quantitative estimate of drug-likeness (QED) is 0.540. The molecule has 0 amide bonds. The summed E-state index contributed by atoms with van der Waals surface area (Å²) in [4.78, 5) is 22.4. The number of nitrogens with two attached hydrogens (primary N) is 1. The van der Waals surface area contributed by atoms with Gasteiger partial charge in [-0.05, 0) is 18.1 Å². The maximum absolute atomic E-state index is 11.9. The summed E-state index contributed by atoms with van der Waals surface area (Å²) in [5, 5.41) is 20.9. The summed E-state index contributed by atoms with van der Waals surface area (Å²) in [5.74, 6) is -0.0694. The average molecular weight is 398 g/mol. The lowest BCUT2D eigenvalue weighted by atomic mass is 10.1. The number of H-pyrrole nitrogens is 1. The van der Waals surface area contributed by atoms with E-state index in [1.165, 1.54) is 10.9 Å². The summed E-state index contributed by atoms with van der Waals surface area (Å²) >= 11 is 0. The van der Waals surface area contributed by atoms with Gasteiger partial charge in [-0.15, -0.1) is 0 Å². The van der Waals surface area contributed by atoms with Gasteiger partial charge in [-0.2, -0.15) is 4.98 Å². The first-order chi connectivity index (χ1) is 12.4. The molecule has 1 aliphatic heterocycles. The Kier molecular flexibility index (Phi) is 4.93. The van der Waals surface area contributed by atoms with E-state index >= 15 is 0 Å². The molecule has 2 aromatic heterocycles. The van der Waals surface area contributed by atoms with Crippen LogP contribution in [0, 0.1) is 0 Å². The zero-order chi connectivity index (χ0) is 20.1. The Morgan fingerprint density at radius 1 is 1.37 bits per heavy atom. The normalized spacial score (nSPS) is 26.8. The number of ether oxygens (including phenoxy) is 1. The average Bonchev–Trinajstić information content (AvgIpc) is 3.07. The largest absolute Gasteiger partial charge is 0.414 e. The minimum absolute atomic E-state index is 0.0115. The molecule has 1 saturated heterocycles. The van der Waals surface area contributed by atoms with Crippen LogP contribution in [0.5, 0.6) is 0 Å². The van der Waals surface area contributed by atoms with Crippen LogP contribution in [-0.4, -0.2) is 63.0 Å². The van der Waals surface area contributed by atoms with Gasteiger partial charge in [0.15, 0.2) is 25.7 Å². The highest BCUT2D eigenvalue weighted by atomic mass is 28.4. The van der Waals surface area contributed by atoms with Gasteiger partial charge < -0.3 is 25.1 Å². The van der Waals surface area contributed by atoms with Crippen LogP contribution in [-0.2, 0) is 9.16 Å². The predicted molar refractivity (Wildman–Crippen MR) is 102 cm³/mol. The Morgan fingerprint density at radius 2 is 2.04 bits per heavy atom. The highest BCUT2D eigenvalue weighted by molar-refractivity contribution is 6.74. The molecule has 0 aromatic carbocycles. The van der Waals surface area contributed by atoms with E-state index in [9.17, 15) is 15.0 Å². The van der Waals surface area contributed by atoms with Crippen molar-refractivity contribution in [3.63, 3.8) is 0 Å². The molecular weight excluding hydrogens is 370 g/mol. The highest BCUT2D eigenvalue weighted by Gasteiger charge is 2.46. The Labute approximate surface area is 157 Å². The summed E-state index contributed by atoms with van der Waals surface area (Å²) in [6.07, 6.45) is -2.69. The molecule has 11 heteroatoms. The molecule has 0 bridgehead atoms. The molecule has 1 fully saturated rings. The third-order valence-electron chi connectivity index (χ3n) is 5.48. The Bertz CT molecular complexity index is 889. The molecule has 5 N–H and O–H groups in total. The second-order valence-electron chi connectivity index (χ2n) is 8.39. The van der Waals surface area contributed by atoms with E-state index in [-0.39, 0.29) is 28.8 Å². The lowest BCUT2D eigenvalue weighted by Crippen LogP contribution is -2.44. The van der Waals surface area contributed by atoms with Gasteiger partial charge in [-0.25, -0.2) is 4.98 Å². The molecule has 3 heterocycles. The van der Waals surface area contributed by atoms with Crippen molar-refractivity contribution >= 4 is 25.4 Å². The molecule has 0 spiro atoms. The van der Waals surface area contributed by atoms with E-state index in [0.29, 0.717) is 0 Å². The molecule has 2 aromatic rings. The monoisotopic (exact) mass is 397 g/mol. The lowest BCUT2D eigenvalue weighted by Gasteiger charge is -2.37. The van der Waals surface area contributed by atoms with Gasteiger partial charge in [0.05, 0.1) is 12.9 Å². The fraction of sp³-hybridized carbons (Fsp3) is 0.688. The fourth-order valence-corrected chi connectivity index (χ4v) is 3.75. The maximum Gasteiger partial charge on any atom is 0.280 e. The minimum atomic E-state index is -2.04. The van der Waals surface area contributed by atoms with Gasteiger partial charge in [0.2, 0.25) is 5.95 Å². The fourth-order valence-electron chi connectivity index (χ4n) is 2.73. The standard InChI is InChI=1S/C16H27N5O5Si/c1-16(2,3)27(4,5)25-6-8-10(22)11(23)14(26-8)21-7-18-9-12(21)19-15(17)20-13(9)24/h7-8,10-11,14,22-23H,6H2,1-5H3,(H3,17,19,20,24)/t8-,10-,11+,14-/m1/s1. The Balaban J connectivity index is 1.83. The molecule has 3 rings (SSSR count). The summed E-state index contributed by atoms with van der Waals surface area (Å²) in [5.41, 5.74) is 5.38. The van der Waals surface area contributed by atoms with Crippen LogP contribution in [0.1, 0.15) is 27.0 Å². The number of aromatic amines is 1. The summed E-state index contributed by atoms with van der Waals surface area (Å²) in [7, 11) is -2.04. The van der Waals surface area contributed by atoms with E-state index in [1.807, 2.05) is 0 Å². The zero-order valence-corrected chi connectivity index (χ0v) is 17.1. The van der Waals surface area contributed by atoms with E-state index in [4.69, 9.17) is 14.9 Å². The third kappa shape index (κ3) is 3.52. The number of fused-ring (bicyclic) bond motifs is 1. The minimum Gasteiger partial charge on any atom is -0.414 e. The predicted octanol–water partition coefficient (Wildman–Crippen LogP) is 0.343. The molecule has 0 radical (unpaired) electrons. The number of imidazole rings is 1. The summed E-state index contributed by atoms with van der Waals surface area (Å²) < 4.78 is 13.4. The molecule has 10 nitrogen and oxygen atoms in total. The van der Waals surface area contributed by atoms with E-state index in [0.717, 1.165) is 0 Å². The molecular formula is C16H27N5O5Si. The van der Waals surface area contributed by atoms with Crippen molar-refractivity contribution in [2.45, 2.75) is 63.4 Å². The van der Waals surface area contributed by atoms with Crippen molar-refractivity contribution in [3.8, 4) is 0 Å². The molecule has 0 unspecified atom stereocenters. The first kappa shape index (κ1) is 20.0. The maximum atomic E-state index is 11.9. The zero-order valence-electron chi connectivity index (χ0n) is 16.1. The van der Waals surface area contributed by atoms with Crippen molar-refractivity contribution < 1.29 is 19.4 Å². The Hall–Kier alpha value is -1.79. The number of nitrogens with zero attached hydrogens (tertiary/aromatic N) is 3. The summed E-state index contributed by atoms with van der Waals surface area (Å²) in [6.45, 7) is 10.7. The van der Waals surface area contributed by atoms with Gasteiger partial charge in [-0.1, -0.05) is 20.8 Å². The van der Waals surface area contributed by atoms with Gasteiger partial charge in [0.25, 0.3) is 5.56 Å². The van der Waals surface area contributed by atoms with Crippen LogP contribution in [0.4, 0.5) is 5.95 Å². The van der Waals surface area contributed by atoms with Crippen LogP contribution >= 0.6 is 0 Å². The van der Waals surface area contributed by atoms with E-state index < -0.39 is 38.4 Å². The molecule has 27 heavy (non-hydrogen) atoms. The van der Waals surface area contributed by atoms with Gasteiger partial charge >= 0.3 is 0 Å². The molecule has 0 saturated carbocycles. The number of anilines is 1. The van der Waals surface area contributed by atoms with Crippen LogP contribution < -0.4 is 11.3 Å². The topological polar surface area (TPSA) is 149 Å². The molecule has 0 aliphatic carbocycles. The van der Waals surface area contributed by atoms with Crippen molar-refractivity contribution in [2.24, 2.45) is 0 Å². The van der Waals surface area contributed by atoms with Gasteiger partial charge in [0.1, 0.15) is 18.3 Å². The number of aliphatic hydroxyl groups excluding tert-OH is 2. The molecule has 1 aliphatic rings. The first-order valence-corrected chi connectivity index (χ1v) is 11.7. The molecule has 150 valence electrons. The number of nitrogens with one attached hydrogen (secondary N) is 1. The third-order valence-corrected chi connectivity index (χ3v) is 9.98. The van der Waals surface area contributed by atoms with Crippen LogP contribution in [0.3, 0.4) is 0 Å². The second kappa shape index (κ2) is 6.67. The first-order valence-electron chi connectivity index (χ1n) is 8.80. The number of hydrogen-bond donors (Lipinski definition) is 4. The summed E-state index contributed by atoms with van der Waals surface area (Å²) in [6, 6.07) is 0. The van der Waals surface area contributed by atoms with E-state index in [2.05, 4.69) is 48.8 Å². The number of rotatable bonds is 4. The van der Waals surface area contributed by atoms with Crippen molar-refractivity contribution in [2.75, 3.05) is 12.3 Å². The van der Waals surface area contributed by atoms with Crippen LogP contribution in [0.15, 0.2) is 11.1 Å². The van der Waals surface area contributed by atoms with Gasteiger partial charge in [0, 0.05) is 0 Å². The molecule has 4 atom stereocenters. The van der Waals surface area contributed by atoms with Crippen molar-refractivity contribution in [3.05, 3.63) is 16.7 Å². The number of nitrogen functional groups attached to an aromatic ring is 1. The number of aromatic nitrogens is 4. The van der Waals surface area contributed by atoms with Crippen molar-refractivity contribution in [1.29, 1.82) is 0 Å². The SMILES string of the molecule is CC(C)(C)[Si](C)(C)OC[C@H]1O[C@@H](n2cnc3c(=O)[nH]c(N)nc32)[C@@H](O)[C@@H]1O. The van der Waals surface area contributed by atoms with E-state index in [1.54, 1.807) is 0 Å². The smallest absolute Gasteiger partial charge is 0.280 e. The van der Waals surface area contributed by atoms with Crippen LogP contribution in [0.25, 0.3) is 11.2 Å². The number of aliphatic hydroxyl groups is 2. The van der Waals surface area contributed by atoms with Gasteiger partial charge in [-0.3, -0.25) is 14.3 Å². The highest BCUT2D eigenvalue weighted by Crippen LogP contribution is 2.38. The number of hydrogen-bond acceptors (Lipinski definition) is 8. The van der Waals surface area contributed by atoms with Crippen molar-refractivity contribution in [1.82, 2.24) is 19.5 Å². The second-order valence-corrected chi connectivity index (χ2v) is 13.2. The lowest BCUT2D eigenvalue weighted by molar-refractivity contribution is -0.0491. The Morgan fingerprint density at radius 3 is 2.67 bits per heavy atom. The van der Waals surface area contributed by atoms with Crippen LogP contribution in [0.2, 0.25) is 18.1 Å².